The van der Waals surface area contributed by atoms with E-state index in [1.165, 1.54) is 0 Å². The van der Waals surface area contributed by atoms with Gasteiger partial charge in [0.1, 0.15) is 5.69 Å². The normalized spacial score (nSPS) is 18.5. The molecular weight excluding hydrogens is 252 g/mol. The van der Waals surface area contributed by atoms with Crippen molar-refractivity contribution in [3.8, 4) is 0 Å². The van der Waals surface area contributed by atoms with Gasteiger partial charge in [-0.05, 0) is 25.0 Å². The fraction of sp³-hybridized carbons (Fsp3) is 0.462. The quantitative estimate of drug-likeness (QED) is 0.913. The summed E-state index contributed by atoms with van der Waals surface area (Å²) < 4.78 is 1.89. The first-order valence-corrected chi connectivity index (χ1v) is 6.53. The summed E-state index contributed by atoms with van der Waals surface area (Å²) in [4.78, 5) is 13.4. The summed E-state index contributed by atoms with van der Waals surface area (Å²) in [5.74, 6) is -0.854. The van der Waals surface area contributed by atoms with Crippen molar-refractivity contribution in [3.05, 3.63) is 35.6 Å². The topological polar surface area (TPSA) is 45.5 Å². The molecule has 0 amide bonds. The minimum atomic E-state index is -0.854. The maximum Gasteiger partial charge on any atom is 0.352 e. The second-order valence-corrected chi connectivity index (χ2v) is 4.75. The average Bonchev–Trinajstić information content (AvgIpc) is 2.86. The number of carbonyl (C=O) groups is 1. The molecule has 98 valence electrons. The van der Waals surface area contributed by atoms with Crippen LogP contribution in [0.1, 0.15) is 29.4 Å². The van der Waals surface area contributed by atoms with Crippen molar-refractivity contribution >= 4 is 17.6 Å². The van der Waals surface area contributed by atoms with Gasteiger partial charge in [0.2, 0.25) is 0 Å². The van der Waals surface area contributed by atoms with Crippen LogP contribution in [0.2, 0.25) is 0 Å². The van der Waals surface area contributed by atoms with E-state index in [0.717, 1.165) is 32.5 Å². The number of carboxylic acid groups (broad SMARTS) is 1. The van der Waals surface area contributed by atoms with Gasteiger partial charge in [0.15, 0.2) is 0 Å². The Kier molecular flexibility index (Phi) is 4.44. The Bertz CT molecular complexity index is 434. The molecule has 1 N–H and O–H groups in total. The van der Waals surface area contributed by atoms with E-state index in [1.54, 1.807) is 17.7 Å². The summed E-state index contributed by atoms with van der Waals surface area (Å²) in [5.41, 5.74) is 1.93. The van der Waals surface area contributed by atoms with E-state index in [9.17, 15) is 4.79 Å². The molecule has 0 unspecified atom stereocenters. The maximum atomic E-state index is 11.1. The van der Waals surface area contributed by atoms with Crippen LogP contribution in [0.3, 0.4) is 0 Å². The lowest BCUT2D eigenvalue weighted by Gasteiger charge is -2.32. The van der Waals surface area contributed by atoms with Gasteiger partial charge in [0.05, 0.1) is 0 Å². The Hall–Kier alpha value is -1.26. The number of carboxylic acids is 1. The first-order chi connectivity index (χ1) is 8.72. The van der Waals surface area contributed by atoms with Crippen LogP contribution in [0.15, 0.2) is 29.9 Å². The smallest absolute Gasteiger partial charge is 0.352 e. The summed E-state index contributed by atoms with van der Waals surface area (Å²) in [6.45, 7) is 2.82. The predicted molar refractivity (Wildman–Crippen MR) is 71.1 cm³/mol. The lowest BCUT2D eigenvalue weighted by molar-refractivity contribution is 0.0678. The zero-order valence-corrected chi connectivity index (χ0v) is 10.9. The van der Waals surface area contributed by atoms with Crippen molar-refractivity contribution in [2.24, 2.45) is 0 Å². The van der Waals surface area contributed by atoms with Gasteiger partial charge in [-0.3, -0.25) is 4.90 Å². The second kappa shape index (κ2) is 6.07. The van der Waals surface area contributed by atoms with Crippen molar-refractivity contribution < 1.29 is 9.90 Å². The molecule has 1 aliphatic rings. The van der Waals surface area contributed by atoms with E-state index >= 15 is 0 Å². The Morgan fingerprint density at radius 2 is 2.22 bits per heavy atom. The van der Waals surface area contributed by atoms with Crippen LogP contribution in [0.4, 0.5) is 0 Å². The summed E-state index contributed by atoms with van der Waals surface area (Å²) in [7, 11) is 0. The standard InChI is InChI=1S/C13H17ClN2O2/c14-6-2-7-15-9-4-11(5-10-15)16-8-1-3-12(16)13(17)18/h1-3,6,8,11H,4-5,7,9-10H2,(H,17,18). The number of aromatic carboxylic acids is 1. The van der Waals surface area contributed by atoms with Crippen LogP contribution in [0, 0.1) is 0 Å². The van der Waals surface area contributed by atoms with E-state index in [0.29, 0.717) is 11.7 Å². The van der Waals surface area contributed by atoms with Crippen molar-refractivity contribution in [2.45, 2.75) is 18.9 Å². The molecule has 0 saturated carbocycles. The Morgan fingerprint density at radius 3 is 2.83 bits per heavy atom. The number of rotatable bonds is 4. The average molecular weight is 269 g/mol. The zero-order valence-electron chi connectivity index (χ0n) is 10.1. The molecule has 1 aromatic heterocycles. The third-order valence-electron chi connectivity index (χ3n) is 3.40. The SMILES string of the molecule is O=C(O)c1cccn1C1CCN(CC=CCl)CC1. The summed E-state index contributed by atoms with van der Waals surface area (Å²) in [5, 5.41) is 9.10. The van der Waals surface area contributed by atoms with Crippen LogP contribution in [-0.2, 0) is 0 Å². The minimum absolute atomic E-state index is 0.294. The van der Waals surface area contributed by atoms with E-state index in [2.05, 4.69) is 4.90 Å². The van der Waals surface area contributed by atoms with E-state index in [-0.39, 0.29) is 0 Å². The summed E-state index contributed by atoms with van der Waals surface area (Å²) in [6.07, 6.45) is 5.75. The third-order valence-corrected chi connectivity index (χ3v) is 3.58. The molecule has 0 bridgehead atoms. The molecule has 0 aromatic carbocycles. The summed E-state index contributed by atoms with van der Waals surface area (Å²) in [6, 6.07) is 3.75. The highest BCUT2D eigenvalue weighted by Gasteiger charge is 2.22. The zero-order chi connectivity index (χ0) is 13.0. The molecular formula is C13H17ClN2O2. The Morgan fingerprint density at radius 1 is 1.50 bits per heavy atom. The van der Waals surface area contributed by atoms with Gasteiger partial charge in [-0.15, -0.1) is 0 Å². The number of likely N-dealkylation sites (tertiary alicyclic amines) is 1. The third kappa shape index (κ3) is 2.94. The van der Waals surface area contributed by atoms with Gasteiger partial charge in [-0.2, -0.15) is 0 Å². The molecule has 5 heteroatoms. The van der Waals surface area contributed by atoms with Crippen molar-refractivity contribution in [1.29, 1.82) is 0 Å². The fourth-order valence-corrected chi connectivity index (χ4v) is 2.54. The fourth-order valence-electron chi connectivity index (χ4n) is 2.46. The van der Waals surface area contributed by atoms with Crippen LogP contribution in [0.25, 0.3) is 0 Å². The molecule has 4 nitrogen and oxygen atoms in total. The van der Waals surface area contributed by atoms with Crippen LogP contribution in [0.5, 0.6) is 0 Å². The molecule has 2 heterocycles. The van der Waals surface area contributed by atoms with Gasteiger partial charge in [-0.1, -0.05) is 17.7 Å². The molecule has 0 spiro atoms. The van der Waals surface area contributed by atoms with Crippen LogP contribution in [-0.4, -0.2) is 40.2 Å². The van der Waals surface area contributed by atoms with E-state index in [1.807, 2.05) is 16.8 Å². The molecule has 1 aliphatic heterocycles. The van der Waals surface area contributed by atoms with Gasteiger partial charge in [0, 0.05) is 37.4 Å². The number of halogens is 1. The maximum absolute atomic E-state index is 11.1. The highest BCUT2D eigenvalue weighted by atomic mass is 35.5. The van der Waals surface area contributed by atoms with Gasteiger partial charge in [0.25, 0.3) is 0 Å². The molecule has 0 atom stereocenters. The number of hydrogen-bond acceptors (Lipinski definition) is 2. The monoisotopic (exact) mass is 268 g/mol. The largest absolute Gasteiger partial charge is 0.477 e. The number of hydrogen-bond donors (Lipinski definition) is 1. The lowest BCUT2D eigenvalue weighted by Crippen LogP contribution is -2.35. The highest BCUT2D eigenvalue weighted by Crippen LogP contribution is 2.24. The van der Waals surface area contributed by atoms with E-state index < -0.39 is 5.97 Å². The van der Waals surface area contributed by atoms with Gasteiger partial charge >= 0.3 is 5.97 Å². The lowest BCUT2D eigenvalue weighted by atomic mass is 10.0. The van der Waals surface area contributed by atoms with Crippen molar-refractivity contribution in [3.63, 3.8) is 0 Å². The molecule has 0 aliphatic carbocycles. The molecule has 0 radical (unpaired) electrons. The first-order valence-electron chi connectivity index (χ1n) is 6.10. The Balaban J connectivity index is 1.97. The number of piperidine rings is 1. The van der Waals surface area contributed by atoms with Crippen molar-refractivity contribution in [2.75, 3.05) is 19.6 Å². The molecule has 2 rings (SSSR count). The van der Waals surface area contributed by atoms with Crippen LogP contribution < -0.4 is 0 Å². The van der Waals surface area contributed by atoms with Crippen LogP contribution >= 0.6 is 11.6 Å². The minimum Gasteiger partial charge on any atom is -0.477 e. The predicted octanol–water partition coefficient (Wildman–Crippen LogP) is 2.58. The molecule has 1 fully saturated rings. The highest BCUT2D eigenvalue weighted by molar-refractivity contribution is 6.25. The Labute approximate surface area is 111 Å². The molecule has 18 heavy (non-hydrogen) atoms. The van der Waals surface area contributed by atoms with Gasteiger partial charge < -0.3 is 9.67 Å². The summed E-state index contributed by atoms with van der Waals surface area (Å²) >= 11 is 5.51. The molecule has 1 aromatic rings. The molecule has 1 saturated heterocycles. The second-order valence-electron chi connectivity index (χ2n) is 4.50. The van der Waals surface area contributed by atoms with Gasteiger partial charge in [-0.25, -0.2) is 4.79 Å². The van der Waals surface area contributed by atoms with E-state index in [4.69, 9.17) is 16.7 Å². The van der Waals surface area contributed by atoms with Crippen molar-refractivity contribution in [1.82, 2.24) is 9.47 Å². The number of nitrogens with zero attached hydrogens (tertiary/aromatic N) is 2. The number of aromatic nitrogens is 1. The first kappa shape index (κ1) is 13.2.